The zero-order valence-electron chi connectivity index (χ0n) is 15.4. The lowest BCUT2D eigenvalue weighted by molar-refractivity contribution is -0.125. The lowest BCUT2D eigenvalue weighted by Crippen LogP contribution is -2.36. The monoisotopic (exact) mass is 408 g/mol. The first kappa shape index (κ1) is 19.9. The Morgan fingerprint density at radius 1 is 1.22 bits per heavy atom. The van der Waals surface area contributed by atoms with Crippen molar-refractivity contribution < 1.29 is 9.59 Å². The molecule has 2 heterocycles. The summed E-state index contributed by atoms with van der Waals surface area (Å²) in [5, 5.41) is 5.99. The summed E-state index contributed by atoms with van der Waals surface area (Å²) in [6, 6.07) is 0. The molecule has 2 aromatic rings. The Hall–Kier alpha value is -1.87. The van der Waals surface area contributed by atoms with Gasteiger partial charge in [0.25, 0.3) is 5.56 Å². The first-order valence-corrected chi connectivity index (χ1v) is 11.2. The van der Waals surface area contributed by atoms with Gasteiger partial charge in [-0.05, 0) is 38.2 Å². The van der Waals surface area contributed by atoms with Crippen molar-refractivity contribution >= 4 is 45.1 Å². The van der Waals surface area contributed by atoms with Crippen molar-refractivity contribution in [3.63, 3.8) is 0 Å². The van der Waals surface area contributed by atoms with Crippen LogP contribution in [0.25, 0.3) is 10.2 Å². The van der Waals surface area contributed by atoms with Gasteiger partial charge in [-0.3, -0.25) is 14.4 Å². The molecule has 1 aliphatic carbocycles. The van der Waals surface area contributed by atoms with E-state index in [1.807, 2.05) is 6.92 Å². The maximum absolute atomic E-state index is 12.5. The molecule has 0 radical (unpaired) electrons. The maximum Gasteiger partial charge on any atom is 0.259 e. The highest BCUT2D eigenvalue weighted by molar-refractivity contribution is 7.98. The maximum atomic E-state index is 12.5. The minimum atomic E-state index is -0.188. The zero-order chi connectivity index (χ0) is 19.2. The number of fused-ring (bicyclic) bond motifs is 3. The number of H-pyrrole nitrogens is 1. The van der Waals surface area contributed by atoms with Crippen molar-refractivity contribution in [3.8, 4) is 0 Å². The molecule has 0 unspecified atom stereocenters. The fourth-order valence-electron chi connectivity index (χ4n) is 3.14. The number of aromatic nitrogens is 2. The molecule has 2 aromatic heterocycles. The molecule has 0 aliphatic heterocycles. The zero-order valence-corrected chi connectivity index (χ0v) is 17.0. The molecule has 27 heavy (non-hydrogen) atoms. The third-order valence-corrected chi connectivity index (χ3v) is 6.56. The van der Waals surface area contributed by atoms with Crippen LogP contribution in [-0.4, -0.2) is 40.6 Å². The van der Waals surface area contributed by atoms with E-state index in [2.05, 4.69) is 20.6 Å². The summed E-state index contributed by atoms with van der Waals surface area (Å²) < 4.78 is 0. The number of aryl methyl sites for hydroxylation is 2. The first-order valence-electron chi connectivity index (χ1n) is 9.23. The van der Waals surface area contributed by atoms with Crippen molar-refractivity contribution in [2.75, 3.05) is 18.8 Å². The predicted octanol–water partition coefficient (Wildman–Crippen LogP) is 1.74. The van der Waals surface area contributed by atoms with Crippen LogP contribution in [0.3, 0.4) is 0 Å². The largest absolute Gasteiger partial charge is 0.355 e. The molecule has 9 heteroatoms. The number of aromatic amines is 1. The Kier molecular flexibility index (Phi) is 6.89. The normalized spacial score (nSPS) is 13.4. The van der Waals surface area contributed by atoms with Gasteiger partial charge in [0.15, 0.2) is 0 Å². The highest BCUT2D eigenvalue weighted by Gasteiger charge is 2.19. The smallest absolute Gasteiger partial charge is 0.259 e. The van der Waals surface area contributed by atoms with Gasteiger partial charge in [0.1, 0.15) is 10.7 Å². The molecule has 0 atom stereocenters. The minimum absolute atomic E-state index is 0.00588. The number of carbonyl (C=O) groups is 2. The van der Waals surface area contributed by atoms with E-state index >= 15 is 0 Å². The fourth-order valence-corrected chi connectivity index (χ4v) is 5.22. The van der Waals surface area contributed by atoms with Crippen LogP contribution in [0.15, 0.2) is 4.79 Å². The molecule has 7 nitrogen and oxygen atoms in total. The van der Waals surface area contributed by atoms with Crippen LogP contribution in [0.2, 0.25) is 0 Å². The van der Waals surface area contributed by atoms with E-state index in [-0.39, 0.29) is 23.9 Å². The molecule has 3 rings (SSSR count). The van der Waals surface area contributed by atoms with Crippen LogP contribution in [0.1, 0.15) is 42.5 Å². The van der Waals surface area contributed by atoms with Crippen LogP contribution in [0.4, 0.5) is 0 Å². The summed E-state index contributed by atoms with van der Waals surface area (Å²) in [4.78, 5) is 45.2. The van der Waals surface area contributed by atoms with Gasteiger partial charge in [0, 0.05) is 23.6 Å². The lowest BCUT2D eigenvalue weighted by atomic mass is 9.97. The standard InChI is InChI=1S/C18H24N4O3S2/c1-2-19-15(24)9-20-14(23)7-8-26-10-13-21-17(25)16-11-5-3-4-6-12(11)27-18(16)22-13/h2-10H2,1H3,(H,19,24)(H,20,23)(H,21,22,25). The van der Waals surface area contributed by atoms with E-state index in [0.717, 1.165) is 29.5 Å². The highest BCUT2D eigenvalue weighted by Crippen LogP contribution is 2.33. The van der Waals surface area contributed by atoms with Gasteiger partial charge in [0.05, 0.1) is 17.7 Å². The molecule has 0 fully saturated rings. The van der Waals surface area contributed by atoms with Crippen LogP contribution in [-0.2, 0) is 28.2 Å². The molecule has 3 N–H and O–H groups in total. The second-order valence-corrected chi connectivity index (χ2v) is 8.63. The van der Waals surface area contributed by atoms with E-state index in [9.17, 15) is 14.4 Å². The highest BCUT2D eigenvalue weighted by atomic mass is 32.2. The molecule has 0 aromatic carbocycles. The van der Waals surface area contributed by atoms with Crippen molar-refractivity contribution in [1.82, 2.24) is 20.6 Å². The second-order valence-electron chi connectivity index (χ2n) is 6.44. The van der Waals surface area contributed by atoms with Gasteiger partial charge < -0.3 is 15.6 Å². The SMILES string of the molecule is CCNC(=O)CNC(=O)CCSCc1nc2sc3c(c2c(=O)[nH]1)CCCC3. The molecular weight excluding hydrogens is 384 g/mol. The minimum Gasteiger partial charge on any atom is -0.355 e. The Bertz CT molecular complexity index is 891. The molecule has 0 saturated heterocycles. The Labute approximate surface area is 165 Å². The Balaban J connectivity index is 1.50. The lowest BCUT2D eigenvalue weighted by Gasteiger charge is -2.09. The number of thioether (sulfide) groups is 1. The number of thiophene rings is 1. The molecule has 0 saturated carbocycles. The molecule has 0 bridgehead atoms. The molecule has 1 aliphatic rings. The van der Waals surface area contributed by atoms with E-state index < -0.39 is 0 Å². The first-order chi connectivity index (χ1) is 13.1. The van der Waals surface area contributed by atoms with Crippen molar-refractivity contribution in [2.24, 2.45) is 0 Å². The number of rotatable bonds is 8. The molecule has 0 spiro atoms. The average molecular weight is 409 g/mol. The van der Waals surface area contributed by atoms with Gasteiger partial charge in [-0.25, -0.2) is 4.98 Å². The van der Waals surface area contributed by atoms with E-state index in [4.69, 9.17) is 0 Å². The van der Waals surface area contributed by atoms with Gasteiger partial charge in [0.2, 0.25) is 11.8 Å². The van der Waals surface area contributed by atoms with Crippen LogP contribution in [0.5, 0.6) is 0 Å². The van der Waals surface area contributed by atoms with Crippen LogP contribution < -0.4 is 16.2 Å². The van der Waals surface area contributed by atoms with Gasteiger partial charge >= 0.3 is 0 Å². The quantitative estimate of drug-likeness (QED) is 0.577. The number of nitrogens with one attached hydrogen (secondary N) is 3. The Morgan fingerprint density at radius 3 is 2.85 bits per heavy atom. The topological polar surface area (TPSA) is 104 Å². The summed E-state index contributed by atoms with van der Waals surface area (Å²) in [5.74, 6) is 1.46. The van der Waals surface area contributed by atoms with Gasteiger partial charge in [-0.1, -0.05) is 0 Å². The van der Waals surface area contributed by atoms with Gasteiger partial charge in [-0.2, -0.15) is 11.8 Å². The van der Waals surface area contributed by atoms with Crippen molar-refractivity contribution in [2.45, 2.75) is 44.8 Å². The third-order valence-electron chi connectivity index (χ3n) is 4.41. The summed E-state index contributed by atoms with van der Waals surface area (Å²) in [5.41, 5.74) is 1.15. The van der Waals surface area contributed by atoms with Crippen LogP contribution in [0, 0.1) is 0 Å². The summed E-state index contributed by atoms with van der Waals surface area (Å²) in [6.07, 6.45) is 4.66. The summed E-state index contributed by atoms with van der Waals surface area (Å²) in [7, 11) is 0. The number of hydrogen-bond donors (Lipinski definition) is 3. The van der Waals surface area contributed by atoms with E-state index in [0.29, 0.717) is 30.3 Å². The number of likely N-dealkylation sites (N-methyl/N-ethyl adjacent to an activating group) is 1. The van der Waals surface area contributed by atoms with Gasteiger partial charge in [-0.15, -0.1) is 11.3 Å². The molecule has 146 valence electrons. The number of hydrogen-bond acceptors (Lipinski definition) is 6. The number of amides is 2. The van der Waals surface area contributed by atoms with Crippen molar-refractivity contribution in [1.29, 1.82) is 0 Å². The summed E-state index contributed by atoms with van der Waals surface area (Å²) in [6.45, 7) is 2.39. The number of nitrogens with zero attached hydrogens (tertiary/aromatic N) is 1. The average Bonchev–Trinajstić information content (AvgIpc) is 3.02. The molecule has 2 amide bonds. The van der Waals surface area contributed by atoms with E-state index in [1.54, 1.807) is 23.1 Å². The fraction of sp³-hybridized carbons (Fsp3) is 0.556. The molecular formula is C18H24N4O3S2. The predicted molar refractivity (Wildman–Crippen MR) is 109 cm³/mol. The Morgan fingerprint density at radius 2 is 2.04 bits per heavy atom. The number of carbonyl (C=O) groups excluding carboxylic acids is 2. The second kappa shape index (κ2) is 9.36. The third kappa shape index (κ3) is 5.10. The van der Waals surface area contributed by atoms with Crippen LogP contribution >= 0.6 is 23.1 Å². The summed E-state index contributed by atoms with van der Waals surface area (Å²) >= 11 is 3.18. The van der Waals surface area contributed by atoms with E-state index in [1.165, 1.54) is 16.9 Å². The van der Waals surface area contributed by atoms with Crippen molar-refractivity contribution in [3.05, 3.63) is 26.6 Å².